The maximum Gasteiger partial charge on any atom is 0.123 e. The summed E-state index contributed by atoms with van der Waals surface area (Å²) in [5.74, 6) is 1.12. The highest BCUT2D eigenvalue weighted by Crippen LogP contribution is 2.31. The number of hydrogen-bond donors (Lipinski definition) is 2. The fourth-order valence-electron chi connectivity index (χ4n) is 2.03. The number of ether oxygens (including phenoxy) is 1. The summed E-state index contributed by atoms with van der Waals surface area (Å²) < 4.78 is 5.41. The number of benzene rings is 2. The van der Waals surface area contributed by atoms with E-state index in [0.29, 0.717) is 13.2 Å². The van der Waals surface area contributed by atoms with E-state index in [9.17, 15) is 5.11 Å². The molecule has 0 amide bonds. The smallest absolute Gasteiger partial charge is 0.123 e. The lowest BCUT2D eigenvalue weighted by atomic mass is 10.0. The summed E-state index contributed by atoms with van der Waals surface area (Å²) in [6.07, 6.45) is 0.810. The van der Waals surface area contributed by atoms with Crippen molar-refractivity contribution < 1.29 is 9.84 Å². The Labute approximate surface area is 113 Å². The van der Waals surface area contributed by atoms with Crippen molar-refractivity contribution in [1.29, 1.82) is 0 Å². The Hall–Kier alpha value is -2.00. The van der Waals surface area contributed by atoms with Crippen molar-refractivity contribution in [1.82, 2.24) is 0 Å². The highest BCUT2D eigenvalue weighted by molar-refractivity contribution is 5.71. The molecule has 0 saturated heterocycles. The third-order valence-corrected chi connectivity index (χ3v) is 2.97. The van der Waals surface area contributed by atoms with Gasteiger partial charge in [-0.05, 0) is 55.3 Å². The summed E-state index contributed by atoms with van der Waals surface area (Å²) in [4.78, 5) is 0. The third-order valence-electron chi connectivity index (χ3n) is 2.97. The molecule has 0 aromatic heterocycles. The molecule has 3 N–H and O–H groups in total. The van der Waals surface area contributed by atoms with Gasteiger partial charge in [0.15, 0.2) is 0 Å². The zero-order valence-corrected chi connectivity index (χ0v) is 11.1. The fourth-order valence-corrected chi connectivity index (χ4v) is 2.03. The van der Waals surface area contributed by atoms with Crippen molar-refractivity contribution in [2.75, 3.05) is 13.2 Å². The van der Waals surface area contributed by atoms with Crippen LogP contribution in [-0.4, -0.2) is 18.3 Å². The summed E-state index contributed by atoms with van der Waals surface area (Å²) in [5.41, 5.74) is 8.49. The monoisotopic (exact) mass is 257 g/mol. The molecule has 19 heavy (non-hydrogen) atoms. The standard InChI is InChI=1S/C16H19NO2/c1-2-19-14-6-4-13(5-7-14)15-11-12(9-10-17)3-8-16(15)18/h3-8,11,18H,2,9-10,17H2,1H3. The van der Waals surface area contributed by atoms with Gasteiger partial charge in [-0.25, -0.2) is 0 Å². The second-order valence-electron chi connectivity index (χ2n) is 4.35. The minimum Gasteiger partial charge on any atom is -0.507 e. The van der Waals surface area contributed by atoms with Crippen LogP contribution in [-0.2, 0) is 6.42 Å². The highest BCUT2D eigenvalue weighted by Gasteiger charge is 2.06. The predicted octanol–water partition coefficient (Wildman–Crippen LogP) is 2.96. The lowest BCUT2D eigenvalue weighted by Gasteiger charge is -2.09. The Balaban J connectivity index is 2.31. The molecule has 0 atom stereocenters. The van der Waals surface area contributed by atoms with E-state index < -0.39 is 0 Å². The number of phenolic OH excluding ortho intramolecular Hbond substituents is 1. The van der Waals surface area contributed by atoms with Crippen molar-refractivity contribution in [2.45, 2.75) is 13.3 Å². The van der Waals surface area contributed by atoms with Gasteiger partial charge in [0, 0.05) is 5.56 Å². The van der Waals surface area contributed by atoms with Crippen LogP contribution in [0.4, 0.5) is 0 Å². The van der Waals surface area contributed by atoms with E-state index in [1.54, 1.807) is 6.07 Å². The Morgan fingerprint density at radius 2 is 1.84 bits per heavy atom. The Morgan fingerprint density at radius 1 is 1.11 bits per heavy atom. The van der Waals surface area contributed by atoms with Crippen LogP contribution >= 0.6 is 0 Å². The van der Waals surface area contributed by atoms with Crippen LogP contribution in [0.1, 0.15) is 12.5 Å². The molecule has 0 aliphatic heterocycles. The van der Waals surface area contributed by atoms with Gasteiger partial charge in [0.1, 0.15) is 11.5 Å². The molecule has 0 aliphatic rings. The molecule has 0 radical (unpaired) electrons. The van der Waals surface area contributed by atoms with E-state index in [1.807, 2.05) is 43.3 Å². The molecule has 0 bridgehead atoms. The van der Waals surface area contributed by atoms with Gasteiger partial charge < -0.3 is 15.6 Å². The average molecular weight is 257 g/mol. The largest absolute Gasteiger partial charge is 0.507 e. The first-order valence-corrected chi connectivity index (χ1v) is 6.49. The average Bonchev–Trinajstić information content (AvgIpc) is 2.43. The molecule has 2 aromatic rings. The van der Waals surface area contributed by atoms with Gasteiger partial charge in [-0.1, -0.05) is 18.2 Å². The zero-order chi connectivity index (χ0) is 13.7. The first kappa shape index (κ1) is 13.4. The molecule has 0 saturated carbocycles. The summed E-state index contributed by atoms with van der Waals surface area (Å²) in [5, 5.41) is 9.97. The van der Waals surface area contributed by atoms with Crippen molar-refractivity contribution >= 4 is 0 Å². The number of aromatic hydroxyl groups is 1. The number of nitrogens with two attached hydrogens (primary N) is 1. The van der Waals surface area contributed by atoms with E-state index >= 15 is 0 Å². The first-order chi connectivity index (χ1) is 9.24. The molecule has 3 heteroatoms. The summed E-state index contributed by atoms with van der Waals surface area (Å²) in [7, 11) is 0. The summed E-state index contributed by atoms with van der Waals surface area (Å²) in [6, 6.07) is 13.3. The van der Waals surface area contributed by atoms with Gasteiger partial charge in [0.25, 0.3) is 0 Å². The van der Waals surface area contributed by atoms with Crippen LogP contribution in [0.5, 0.6) is 11.5 Å². The Morgan fingerprint density at radius 3 is 2.47 bits per heavy atom. The van der Waals surface area contributed by atoms with E-state index in [0.717, 1.165) is 28.9 Å². The van der Waals surface area contributed by atoms with Gasteiger partial charge in [-0.3, -0.25) is 0 Å². The minimum atomic E-state index is 0.282. The van der Waals surface area contributed by atoms with E-state index in [-0.39, 0.29) is 5.75 Å². The van der Waals surface area contributed by atoms with Crippen molar-refractivity contribution in [3.05, 3.63) is 48.0 Å². The quantitative estimate of drug-likeness (QED) is 0.865. The number of phenols is 1. The maximum atomic E-state index is 9.97. The van der Waals surface area contributed by atoms with Crippen LogP contribution in [0.25, 0.3) is 11.1 Å². The molecule has 0 aliphatic carbocycles. The topological polar surface area (TPSA) is 55.5 Å². The molecule has 0 fully saturated rings. The van der Waals surface area contributed by atoms with Crippen LogP contribution in [0.3, 0.4) is 0 Å². The number of hydrogen-bond acceptors (Lipinski definition) is 3. The van der Waals surface area contributed by atoms with Crippen LogP contribution < -0.4 is 10.5 Å². The fraction of sp³-hybridized carbons (Fsp3) is 0.250. The van der Waals surface area contributed by atoms with Gasteiger partial charge in [0.05, 0.1) is 6.61 Å². The van der Waals surface area contributed by atoms with E-state index in [1.165, 1.54) is 0 Å². The highest BCUT2D eigenvalue weighted by atomic mass is 16.5. The second-order valence-corrected chi connectivity index (χ2v) is 4.35. The van der Waals surface area contributed by atoms with E-state index in [2.05, 4.69) is 0 Å². The van der Waals surface area contributed by atoms with Gasteiger partial charge in [0.2, 0.25) is 0 Å². The predicted molar refractivity (Wildman–Crippen MR) is 77.5 cm³/mol. The summed E-state index contributed by atoms with van der Waals surface area (Å²) in [6.45, 7) is 3.21. The van der Waals surface area contributed by atoms with E-state index in [4.69, 9.17) is 10.5 Å². The van der Waals surface area contributed by atoms with Crippen molar-refractivity contribution in [3.8, 4) is 22.6 Å². The zero-order valence-electron chi connectivity index (χ0n) is 11.1. The molecule has 100 valence electrons. The molecule has 0 heterocycles. The van der Waals surface area contributed by atoms with Crippen molar-refractivity contribution in [3.63, 3.8) is 0 Å². The molecule has 2 rings (SSSR count). The normalized spacial score (nSPS) is 10.4. The Kier molecular flexibility index (Phi) is 4.42. The third kappa shape index (κ3) is 3.26. The molecular formula is C16H19NO2. The number of rotatable bonds is 5. The lowest BCUT2D eigenvalue weighted by molar-refractivity contribution is 0.340. The molecule has 2 aromatic carbocycles. The van der Waals surface area contributed by atoms with Gasteiger partial charge in [-0.15, -0.1) is 0 Å². The Bertz CT molecular complexity index is 535. The molecular weight excluding hydrogens is 238 g/mol. The van der Waals surface area contributed by atoms with Crippen LogP contribution in [0, 0.1) is 0 Å². The van der Waals surface area contributed by atoms with Gasteiger partial charge >= 0.3 is 0 Å². The van der Waals surface area contributed by atoms with Crippen LogP contribution in [0.15, 0.2) is 42.5 Å². The van der Waals surface area contributed by atoms with Gasteiger partial charge in [-0.2, -0.15) is 0 Å². The second kappa shape index (κ2) is 6.25. The summed E-state index contributed by atoms with van der Waals surface area (Å²) >= 11 is 0. The molecule has 3 nitrogen and oxygen atoms in total. The lowest BCUT2D eigenvalue weighted by Crippen LogP contribution is -2.02. The molecule has 0 spiro atoms. The SMILES string of the molecule is CCOc1ccc(-c2cc(CCN)ccc2O)cc1. The molecule has 0 unspecified atom stereocenters. The first-order valence-electron chi connectivity index (χ1n) is 6.49. The van der Waals surface area contributed by atoms with Crippen molar-refractivity contribution in [2.24, 2.45) is 5.73 Å². The van der Waals surface area contributed by atoms with Crippen LogP contribution in [0.2, 0.25) is 0 Å². The maximum absolute atomic E-state index is 9.97. The minimum absolute atomic E-state index is 0.282.